The number of hydrogen-bond acceptors (Lipinski definition) is 5. The Balaban J connectivity index is 1.66. The Morgan fingerprint density at radius 3 is 2.76 bits per heavy atom. The molecule has 1 aromatic carbocycles. The van der Waals surface area contributed by atoms with Gasteiger partial charge >= 0.3 is 0 Å². The molecule has 1 saturated heterocycles. The normalized spacial score (nSPS) is 18.4. The van der Waals surface area contributed by atoms with E-state index in [9.17, 15) is 13.2 Å². The summed E-state index contributed by atoms with van der Waals surface area (Å²) >= 11 is 0. The van der Waals surface area contributed by atoms with Crippen LogP contribution in [-0.2, 0) is 27.9 Å². The highest BCUT2D eigenvalue weighted by atomic mass is 32.2. The Morgan fingerprint density at radius 1 is 1.32 bits per heavy atom. The standard InChI is InChI=1S/C16H21N5O3S/c1-25(23,24)21-8-4-7-15(21)16(22)18-9-13-5-2-3-6-14(13)10-20-12-17-11-19-20/h2-3,5-6,11-12,15H,4,7-10H2,1H3,(H,18,22)/t15-/m1/s1. The van der Waals surface area contributed by atoms with Crippen molar-refractivity contribution in [2.75, 3.05) is 12.8 Å². The lowest BCUT2D eigenvalue weighted by molar-refractivity contribution is -0.124. The molecule has 0 spiro atoms. The van der Waals surface area contributed by atoms with Gasteiger partial charge < -0.3 is 5.32 Å². The van der Waals surface area contributed by atoms with E-state index in [4.69, 9.17) is 0 Å². The van der Waals surface area contributed by atoms with E-state index >= 15 is 0 Å². The topological polar surface area (TPSA) is 97.2 Å². The molecule has 0 aliphatic carbocycles. The summed E-state index contributed by atoms with van der Waals surface area (Å²) in [5.41, 5.74) is 2.00. The number of hydrogen-bond donors (Lipinski definition) is 1. The third kappa shape index (κ3) is 4.23. The number of carbonyl (C=O) groups is 1. The quantitative estimate of drug-likeness (QED) is 0.800. The molecule has 1 N–H and O–H groups in total. The van der Waals surface area contributed by atoms with Crippen molar-refractivity contribution in [3.05, 3.63) is 48.0 Å². The summed E-state index contributed by atoms with van der Waals surface area (Å²) in [5.74, 6) is -0.251. The molecule has 1 fully saturated rings. The van der Waals surface area contributed by atoms with Crippen LogP contribution in [0, 0.1) is 0 Å². The third-order valence-electron chi connectivity index (χ3n) is 4.30. The highest BCUT2D eigenvalue weighted by Gasteiger charge is 2.36. The monoisotopic (exact) mass is 363 g/mol. The molecule has 0 bridgehead atoms. The Morgan fingerprint density at radius 2 is 2.08 bits per heavy atom. The zero-order valence-electron chi connectivity index (χ0n) is 14.0. The predicted octanol–water partition coefficient (Wildman–Crippen LogP) is 0.367. The van der Waals surface area contributed by atoms with Crippen molar-refractivity contribution in [2.24, 2.45) is 0 Å². The van der Waals surface area contributed by atoms with E-state index in [0.717, 1.165) is 17.4 Å². The second-order valence-corrected chi connectivity index (χ2v) is 8.05. The Labute approximate surface area is 146 Å². The smallest absolute Gasteiger partial charge is 0.238 e. The van der Waals surface area contributed by atoms with Crippen LogP contribution in [0.15, 0.2) is 36.9 Å². The van der Waals surface area contributed by atoms with E-state index in [1.165, 1.54) is 10.6 Å². The first-order chi connectivity index (χ1) is 11.9. The maximum absolute atomic E-state index is 12.5. The van der Waals surface area contributed by atoms with Gasteiger partial charge in [0.2, 0.25) is 15.9 Å². The summed E-state index contributed by atoms with van der Waals surface area (Å²) in [6.45, 7) is 1.31. The van der Waals surface area contributed by atoms with Crippen LogP contribution in [0.5, 0.6) is 0 Å². The number of nitrogens with one attached hydrogen (secondary N) is 1. The van der Waals surface area contributed by atoms with Gasteiger partial charge in [-0.2, -0.15) is 9.40 Å². The lowest BCUT2D eigenvalue weighted by atomic mass is 10.1. The Hall–Kier alpha value is -2.26. The van der Waals surface area contributed by atoms with Gasteiger partial charge in [-0.25, -0.2) is 18.1 Å². The summed E-state index contributed by atoms with van der Waals surface area (Å²) in [5, 5.41) is 6.97. The first kappa shape index (κ1) is 17.6. The second-order valence-electron chi connectivity index (χ2n) is 6.11. The number of rotatable bonds is 6. The van der Waals surface area contributed by atoms with E-state index in [0.29, 0.717) is 32.5 Å². The minimum Gasteiger partial charge on any atom is -0.351 e. The molecular weight excluding hydrogens is 342 g/mol. The fourth-order valence-corrected chi connectivity index (χ4v) is 4.20. The molecule has 0 saturated carbocycles. The minimum absolute atomic E-state index is 0.251. The highest BCUT2D eigenvalue weighted by Crippen LogP contribution is 2.20. The summed E-state index contributed by atoms with van der Waals surface area (Å²) in [4.78, 5) is 16.4. The van der Waals surface area contributed by atoms with Gasteiger partial charge in [-0.3, -0.25) is 4.79 Å². The Bertz CT molecular complexity index is 835. The van der Waals surface area contributed by atoms with Crippen LogP contribution in [0.25, 0.3) is 0 Å². The molecule has 1 atom stereocenters. The molecule has 1 aromatic heterocycles. The molecule has 1 aliphatic heterocycles. The van der Waals surface area contributed by atoms with Crippen LogP contribution in [0.1, 0.15) is 24.0 Å². The van der Waals surface area contributed by atoms with Crippen LogP contribution >= 0.6 is 0 Å². The van der Waals surface area contributed by atoms with Crippen molar-refractivity contribution >= 4 is 15.9 Å². The third-order valence-corrected chi connectivity index (χ3v) is 5.59. The molecule has 0 radical (unpaired) electrons. The molecule has 8 nitrogen and oxygen atoms in total. The maximum atomic E-state index is 12.5. The largest absolute Gasteiger partial charge is 0.351 e. The SMILES string of the molecule is CS(=O)(=O)N1CCC[C@@H]1C(=O)NCc1ccccc1Cn1cncn1. The van der Waals surface area contributed by atoms with Crippen molar-refractivity contribution in [3.8, 4) is 0 Å². The van der Waals surface area contributed by atoms with E-state index in [-0.39, 0.29) is 5.91 Å². The van der Waals surface area contributed by atoms with E-state index in [1.807, 2.05) is 24.3 Å². The van der Waals surface area contributed by atoms with Crippen molar-refractivity contribution in [3.63, 3.8) is 0 Å². The average molecular weight is 363 g/mol. The summed E-state index contributed by atoms with van der Waals surface area (Å²) < 4.78 is 26.6. The fourth-order valence-electron chi connectivity index (χ4n) is 3.07. The van der Waals surface area contributed by atoms with E-state index in [2.05, 4.69) is 15.4 Å². The number of nitrogens with zero attached hydrogens (tertiary/aromatic N) is 4. The van der Waals surface area contributed by atoms with Crippen LogP contribution in [0.4, 0.5) is 0 Å². The fraction of sp³-hybridized carbons (Fsp3) is 0.438. The molecule has 1 amide bonds. The van der Waals surface area contributed by atoms with Gasteiger partial charge in [-0.15, -0.1) is 0 Å². The number of amides is 1. The molecule has 2 aromatic rings. The minimum atomic E-state index is -3.37. The van der Waals surface area contributed by atoms with Crippen LogP contribution in [0.2, 0.25) is 0 Å². The molecule has 134 valence electrons. The number of benzene rings is 1. The molecule has 3 rings (SSSR count). The molecular formula is C16H21N5O3S. The maximum Gasteiger partial charge on any atom is 0.238 e. The number of aromatic nitrogens is 3. The number of carbonyl (C=O) groups excluding carboxylic acids is 1. The van der Waals surface area contributed by atoms with Gasteiger partial charge in [0.15, 0.2) is 0 Å². The predicted molar refractivity (Wildman–Crippen MR) is 92.0 cm³/mol. The first-order valence-electron chi connectivity index (χ1n) is 8.09. The van der Waals surface area contributed by atoms with Crippen molar-refractivity contribution in [1.82, 2.24) is 24.4 Å². The Kier molecular flexibility index (Phi) is 5.14. The molecule has 0 unspecified atom stereocenters. The zero-order chi connectivity index (χ0) is 17.9. The first-order valence-corrected chi connectivity index (χ1v) is 9.93. The van der Waals surface area contributed by atoms with Crippen LogP contribution in [0.3, 0.4) is 0 Å². The molecule has 2 heterocycles. The van der Waals surface area contributed by atoms with Crippen LogP contribution in [-0.4, -0.2) is 52.2 Å². The molecule has 9 heteroatoms. The molecule has 25 heavy (non-hydrogen) atoms. The van der Waals surface area contributed by atoms with Crippen molar-refractivity contribution in [1.29, 1.82) is 0 Å². The lowest BCUT2D eigenvalue weighted by Crippen LogP contribution is -2.45. The summed E-state index contributed by atoms with van der Waals surface area (Å²) in [6, 6.07) is 7.14. The van der Waals surface area contributed by atoms with Gasteiger partial charge in [-0.1, -0.05) is 24.3 Å². The summed E-state index contributed by atoms with van der Waals surface area (Å²) in [6.07, 6.45) is 5.52. The number of sulfonamides is 1. The van der Waals surface area contributed by atoms with Gasteiger partial charge in [0, 0.05) is 13.1 Å². The highest BCUT2D eigenvalue weighted by molar-refractivity contribution is 7.88. The average Bonchev–Trinajstić information content (AvgIpc) is 3.24. The molecule has 1 aliphatic rings. The van der Waals surface area contributed by atoms with Gasteiger partial charge in [0.05, 0.1) is 12.8 Å². The van der Waals surface area contributed by atoms with E-state index < -0.39 is 16.1 Å². The second kappa shape index (κ2) is 7.32. The van der Waals surface area contributed by atoms with Crippen LogP contribution < -0.4 is 5.32 Å². The van der Waals surface area contributed by atoms with Gasteiger partial charge in [0.25, 0.3) is 0 Å². The van der Waals surface area contributed by atoms with Gasteiger partial charge in [0.1, 0.15) is 18.7 Å². The van der Waals surface area contributed by atoms with Gasteiger partial charge in [-0.05, 0) is 24.0 Å². The summed E-state index contributed by atoms with van der Waals surface area (Å²) in [7, 11) is -3.37. The van der Waals surface area contributed by atoms with Crippen molar-refractivity contribution < 1.29 is 13.2 Å². The lowest BCUT2D eigenvalue weighted by Gasteiger charge is -2.21. The van der Waals surface area contributed by atoms with Crippen molar-refractivity contribution in [2.45, 2.75) is 32.0 Å². The van der Waals surface area contributed by atoms with E-state index in [1.54, 1.807) is 11.0 Å². The zero-order valence-corrected chi connectivity index (χ0v) is 14.8.